The van der Waals surface area contributed by atoms with Crippen LogP contribution in [0.5, 0.6) is 0 Å². The Labute approximate surface area is 162 Å². The van der Waals surface area contributed by atoms with Crippen molar-refractivity contribution in [1.29, 1.82) is 0 Å². The minimum absolute atomic E-state index is 0.111. The van der Waals surface area contributed by atoms with Crippen molar-refractivity contribution >= 4 is 40.3 Å². The summed E-state index contributed by atoms with van der Waals surface area (Å²) in [4.78, 5) is 26.3. The summed E-state index contributed by atoms with van der Waals surface area (Å²) in [7, 11) is 0. The summed E-state index contributed by atoms with van der Waals surface area (Å²) in [5.41, 5.74) is 2.68. The Morgan fingerprint density at radius 2 is 1.96 bits per heavy atom. The van der Waals surface area contributed by atoms with E-state index in [1.165, 1.54) is 4.90 Å². The van der Waals surface area contributed by atoms with Gasteiger partial charge < -0.3 is 15.2 Å². The predicted octanol–water partition coefficient (Wildman–Crippen LogP) is 3.07. The molecular weight excluding hydrogens is 435 g/mol. The summed E-state index contributed by atoms with van der Waals surface area (Å²) >= 11 is 2.23. The first-order valence-corrected chi connectivity index (χ1v) is 9.46. The molecule has 7 heteroatoms. The number of aliphatic hydroxyl groups is 1. The average Bonchev–Trinajstić information content (AvgIpc) is 2.90. The highest BCUT2D eigenvalue weighted by Crippen LogP contribution is 2.26. The summed E-state index contributed by atoms with van der Waals surface area (Å²) < 4.78 is 6.32. The molecule has 0 saturated carbocycles. The number of rotatable bonds is 4. The molecule has 138 valence electrons. The smallest absolute Gasteiger partial charge is 0.410 e. The highest BCUT2D eigenvalue weighted by molar-refractivity contribution is 14.1. The first-order chi connectivity index (χ1) is 11.7. The van der Waals surface area contributed by atoms with Gasteiger partial charge in [-0.25, -0.2) is 4.79 Å². The molecule has 1 aliphatic heterocycles. The van der Waals surface area contributed by atoms with Crippen LogP contribution in [-0.4, -0.2) is 47.3 Å². The molecule has 1 fully saturated rings. The maximum atomic E-state index is 12.7. The Kier molecular flexibility index (Phi) is 6.67. The van der Waals surface area contributed by atoms with Crippen LogP contribution in [0.1, 0.15) is 31.4 Å². The van der Waals surface area contributed by atoms with Gasteiger partial charge in [0.25, 0.3) is 0 Å². The first kappa shape index (κ1) is 20.0. The molecule has 0 radical (unpaired) electrons. The number of nitrogens with zero attached hydrogens (tertiary/aromatic N) is 1. The molecule has 2 amide bonds. The quantitative estimate of drug-likeness (QED) is 0.678. The van der Waals surface area contributed by atoms with Crippen LogP contribution in [0.2, 0.25) is 0 Å². The van der Waals surface area contributed by atoms with Crippen LogP contribution in [0.15, 0.2) is 12.1 Å². The van der Waals surface area contributed by atoms with Gasteiger partial charge in [0, 0.05) is 15.7 Å². The van der Waals surface area contributed by atoms with E-state index in [0.717, 1.165) is 20.4 Å². The molecule has 1 heterocycles. The Balaban J connectivity index is 2.12. The van der Waals surface area contributed by atoms with E-state index < -0.39 is 18.2 Å². The molecule has 2 rings (SSSR count). The third-order valence-electron chi connectivity index (χ3n) is 4.10. The van der Waals surface area contributed by atoms with Crippen LogP contribution >= 0.6 is 22.6 Å². The number of benzene rings is 1. The fourth-order valence-corrected chi connectivity index (χ4v) is 3.83. The predicted molar refractivity (Wildman–Crippen MR) is 105 cm³/mol. The van der Waals surface area contributed by atoms with Crippen molar-refractivity contribution in [3.05, 3.63) is 26.8 Å². The van der Waals surface area contributed by atoms with Gasteiger partial charge >= 0.3 is 6.09 Å². The van der Waals surface area contributed by atoms with E-state index in [0.29, 0.717) is 0 Å². The lowest BCUT2D eigenvalue weighted by Crippen LogP contribution is -2.44. The SMILES string of the molecule is Cc1cc(I)cc(C)c1NC(=O)[C@H]1C[C@@H](O)CN1C(=O)OCC(C)C. The van der Waals surface area contributed by atoms with E-state index in [-0.39, 0.29) is 31.4 Å². The third-order valence-corrected chi connectivity index (χ3v) is 4.72. The number of halogens is 1. The maximum Gasteiger partial charge on any atom is 0.410 e. The standard InChI is InChI=1S/C18H25IN2O4/c1-10(2)9-25-18(24)21-8-14(22)7-15(21)17(23)20-16-11(3)5-13(19)6-12(16)4/h5-6,10,14-15,22H,7-9H2,1-4H3,(H,20,23)/t14-,15-/m1/s1. The highest BCUT2D eigenvalue weighted by atomic mass is 127. The number of hydrogen-bond donors (Lipinski definition) is 2. The summed E-state index contributed by atoms with van der Waals surface area (Å²) in [5.74, 6) is -0.0914. The molecule has 0 aromatic heterocycles. The fraction of sp³-hybridized carbons (Fsp3) is 0.556. The lowest BCUT2D eigenvalue weighted by atomic mass is 10.1. The summed E-state index contributed by atoms with van der Waals surface area (Å²) in [6, 6.07) is 3.25. The number of ether oxygens (including phenoxy) is 1. The van der Waals surface area contributed by atoms with Crippen molar-refractivity contribution in [3.8, 4) is 0 Å². The van der Waals surface area contributed by atoms with Gasteiger partial charge in [-0.2, -0.15) is 0 Å². The third kappa shape index (κ3) is 5.07. The second kappa shape index (κ2) is 8.35. The van der Waals surface area contributed by atoms with Crippen molar-refractivity contribution < 1.29 is 19.4 Å². The van der Waals surface area contributed by atoms with Gasteiger partial charge in [0.2, 0.25) is 5.91 Å². The zero-order chi connectivity index (χ0) is 18.7. The van der Waals surface area contributed by atoms with E-state index in [9.17, 15) is 14.7 Å². The number of aliphatic hydroxyl groups excluding tert-OH is 1. The van der Waals surface area contributed by atoms with Gasteiger partial charge in [-0.05, 0) is 65.6 Å². The molecule has 0 spiro atoms. The van der Waals surface area contributed by atoms with Crippen LogP contribution in [0.3, 0.4) is 0 Å². The van der Waals surface area contributed by atoms with Gasteiger partial charge in [-0.1, -0.05) is 13.8 Å². The molecule has 2 atom stereocenters. The fourth-order valence-electron chi connectivity index (χ4n) is 2.90. The molecule has 0 aliphatic carbocycles. The Morgan fingerprint density at radius 3 is 2.52 bits per heavy atom. The summed E-state index contributed by atoms with van der Waals surface area (Å²) in [5, 5.41) is 12.8. The number of amides is 2. The molecular formula is C18H25IN2O4. The molecule has 2 N–H and O–H groups in total. The minimum atomic E-state index is -0.729. The minimum Gasteiger partial charge on any atom is -0.449 e. The normalized spacial score (nSPS) is 20.0. The Hall–Kier alpha value is -1.35. The number of carbonyl (C=O) groups excluding carboxylic acids is 2. The zero-order valence-corrected chi connectivity index (χ0v) is 17.2. The molecule has 1 aromatic rings. The van der Waals surface area contributed by atoms with Crippen molar-refractivity contribution in [2.24, 2.45) is 5.92 Å². The summed E-state index contributed by atoms with van der Waals surface area (Å²) in [6.07, 6.45) is -1.06. The second-order valence-corrected chi connectivity index (χ2v) is 8.18. The molecule has 1 aliphatic rings. The van der Waals surface area contributed by atoms with E-state index in [1.54, 1.807) is 0 Å². The van der Waals surface area contributed by atoms with E-state index in [2.05, 4.69) is 27.9 Å². The average molecular weight is 460 g/mol. The largest absolute Gasteiger partial charge is 0.449 e. The number of nitrogens with one attached hydrogen (secondary N) is 1. The maximum absolute atomic E-state index is 12.7. The number of aryl methyl sites for hydroxylation is 2. The van der Waals surface area contributed by atoms with Crippen LogP contribution in [0, 0.1) is 23.3 Å². The second-order valence-electron chi connectivity index (χ2n) is 6.93. The first-order valence-electron chi connectivity index (χ1n) is 8.38. The molecule has 0 bridgehead atoms. The van der Waals surface area contributed by atoms with E-state index in [1.807, 2.05) is 39.8 Å². The molecule has 0 unspecified atom stereocenters. The Morgan fingerprint density at radius 1 is 1.36 bits per heavy atom. The van der Waals surface area contributed by atoms with Crippen molar-refractivity contribution in [3.63, 3.8) is 0 Å². The molecule has 1 saturated heterocycles. The van der Waals surface area contributed by atoms with Gasteiger partial charge in [0.1, 0.15) is 6.04 Å². The topological polar surface area (TPSA) is 78.9 Å². The van der Waals surface area contributed by atoms with Crippen LogP contribution < -0.4 is 5.32 Å². The highest BCUT2D eigenvalue weighted by Gasteiger charge is 2.40. The number of β-amino-alcohol motifs (C(OH)–C–C–N with tert-alkyl or cyclic N) is 1. The number of likely N-dealkylation sites (tertiary alicyclic amines) is 1. The van der Waals surface area contributed by atoms with Gasteiger partial charge in [0.05, 0.1) is 19.3 Å². The lowest BCUT2D eigenvalue weighted by Gasteiger charge is -2.24. The molecule has 25 heavy (non-hydrogen) atoms. The van der Waals surface area contributed by atoms with E-state index >= 15 is 0 Å². The van der Waals surface area contributed by atoms with Crippen LogP contribution in [-0.2, 0) is 9.53 Å². The van der Waals surface area contributed by atoms with Crippen molar-refractivity contribution in [1.82, 2.24) is 4.90 Å². The van der Waals surface area contributed by atoms with Gasteiger partial charge in [-0.15, -0.1) is 0 Å². The van der Waals surface area contributed by atoms with Gasteiger partial charge in [0.15, 0.2) is 0 Å². The molecule has 1 aromatic carbocycles. The van der Waals surface area contributed by atoms with E-state index in [4.69, 9.17) is 4.74 Å². The lowest BCUT2D eigenvalue weighted by molar-refractivity contribution is -0.120. The van der Waals surface area contributed by atoms with Gasteiger partial charge in [-0.3, -0.25) is 9.69 Å². The van der Waals surface area contributed by atoms with Crippen LogP contribution in [0.4, 0.5) is 10.5 Å². The molecule has 6 nitrogen and oxygen atoms in total. The number of carbonyl (C=O) groups is 2. The Bertz CT molecular complexity index is 639. The monoisotopic (exact) mass is 460 g/mol. The van der Waals surface area contributed by atoms with Crippen molar-refractivity contribution in [2.45, 2.75) is 46.3 Å². The number of hydrogen-bond acceptors (Lipinski definition) is 4. The van der Waals surface area contributed by atoms with Crippen LogP contribution in [0.25, 0.3) is 0 Å². The number of anilines is 1. The van der Waals surface area contributed by atoms with Crippen molar-refractivity contribution in [2.75, 3.05) is 18.5 Å². The zero-order valence-electron chi connectivity index (χ0n) is 15.0. The summed E-state index contributed by atoms with van der Waals surface area (Å²) in [6.45, 7) is 8.15.